The van der Waals surface area contributed by atoms with E-state index in [1.807, 2.05) is 18.4 Å². The van der Waals surface area contributed by atoms with Gasteiger partial charge in [-0.05, 0) is 138 Å². The number of aliphatic hydroxyl groups excluding tert-OH is 2. The molecule has 0 amide bonds. The Morgan fingerprint density at radius 2 is 1.06 bits per heavy atom. The number of hydrogen-bond acceptors (Lipinski definition) is 18. The minimum atomic E-state index is -1.11. The van der Waals surface area contributed by atoms with E-state index >= 15 is 0 Å². The predicted molar refractivity (Wildman–Crippen MR) is 326 cm³/mol. The van der Waals surface area contributed by atoms with Crippen LogP contribution in [0.5, 0.6) is 0 Å². The number of aryl methyl sites for hydroxylation is 2. The van der Waals surface area contributed by atoms with Crippen molar-refractivity contribution in [3.63, 3.8) is 0 Å². The van der Waals surface area contributed by atoms with E-state index in [9.17, 15) is 10.2 Å². The van der Waals surface area contributed by atoms with Crippen LogP contribution in [0.2, 0.25) is 0 Å². The molecule has 0 bridgehead atoms. The first-order valence-electron chi connectivity index (χ1n) is 30.7. The van der Waals surface area contributed by atoms with Crippen molar-refractivity contribution in [3.05, 3.63) is 84.5 Å². The Bertz CT molecular complexity index is 3640. The Kier molecular flexibility index (Phi) is 15.9. The van der Waals surface area contributed by atoms with Gasteiger partial charge in [0.05, 0.1) is 34.7 Å². The molecule has 3 saturated heterocycles. The number of aromatic nitrogens is 12. The van der Waals surface area contributed by atoms with E-state index in [4.69, 9.17) is 40.4 Å². The smallest absolute Gasteiger partial charge is 0.167 e. The zero-order valence-corrected chi connectivity index (χ0v) is 51.5. The lowest BCUT2D eigenvalue weighted by Crippen LogP contribution is -2.52. The highest BCUT2D eigenvalue weighted by Gasteiger charge is 2.57. The van der Waals surface area contributed by atoms with Gasteiger partial charge in [-0.15, -0.1) is 0 Å². The number of anilines is 2. The fourth-order valence-corrected chi connectivity index (χ4v) is 13.6. The third-order valence-corrected chi connectivity index (χ3v) is 18.6. The molecule has 0 radical (unpaired) electrons. The van der Waals surface area contributed by atoms with Crippen LogP contribution in [0, 0.1) is 11.8 Å². The molecule has 4 unspecified atom stereocenters. The first kappa shape index (κ1) is 59.1. The lowest BCUT2D eigenvalue weighted by atomic mass is 9.76. The van der Waals surface area contributed by atoms with E-state index in [0.29, 0.717) is 64.7 Å². The van der Waals surface area contributed by atoms with Crippen LogP contribution in [0.15, 0.2) is 61.7 Å². The summed E-state index contributed by atoms with van der Waals surface area (Å²) in [7, 11) is 0. The second kappa shape index (κ2) is 22.8. The van der Waals surface area contributed by atoms with Crippen LogP contribution in [0.4, 0.5) is 11.6 Å². The highest BCUT2D eigenvalue weighted by Crippen LogP contribution is 2.46. The summed E-state index contributed by atoms with van der Waals surface area (Å²) in [5.41, 5.74) is 21.3. The Hall–Kier alpha value is -6.24. The largest absolute Gasteiger partial charge is 0.387 e. The van der Waals surface area contributed by atoms with Crippen LogP contribution in [-0.2, 0) is 42.6 Å². The van der Waals surface area contributed by atoms with Crippen molar-refractivity contribution in [2.75, 3.05) is 24.6 Å². The van der Waals surface area contributed by atoms with E-state index in [2.05, 4.69) is 155 Å². The van der Waals surface area contributed by atoms with Crippen molar-refractivity contribution in [3.8, 4) is 0 Å². The van der Waals surface area contributed by atoms with Gasteiger partial charge in [0.15, 0.2) is 41.2 Å². The summed E-state index contributed by atoms with van der Waals surface area (Å²) in [5.74, 6) is 3.38. The molecule has 13 rings (SSSR count). The third-order valence-electron chi connectivity index (χ3n) is 18.6. The SMILES string of the molecule is CC(C)N(C[C@H]1OC(n2cnc3c(N)ncnc32)C(O)[C@@H]1O)C1CC(CCc2nc3ccc(C(C)(C)C)cc3[nH]2)C1.CC(C)N(C[C@H]1OC(n2cnc3c(N)ncnc32)C2OC(C)(C)O[C@@H]21)C1CC(CCc2nc3ccc(C(C)(C)C)cc3[nH]2)C1. The average Bonchev–Trinajstić information content (AvgIpc) is 2.10. The van der Waals surface area contributed by atoms with E-state index in [0.717, 1.165) is 78.8 Å². The van der Waals surface area contributed by atoms with Gasteiger partial charge in [0.2, 0.25) is 0 Å². The third kappa shape index (κ3) is 11.9. The van der Waals surface area contributed by atoms with Crippen molar-refractivity contribution in [1.29, 1.82) is 0 Å². The van der Waals surface area contributed by atoms with Crippen LogP contribution in [0.25, 0.3) is 44.4 Å². The van der Waals surface area contributed by atoms with Crippen molar-refractivity contribution >= 4 is 56.0 Å². The molecule has 3 aliphatic heterocycles. The number of ether oxygens (including phenoxy) is 4. The minimum absolute atomic E-state index is 0.110. The maximum atomic E-state index is 10.9. The summed E-state index contributed by atoms with van der Waals surface area (Å²) in [6.07, 6.45) is 10.2. The number of nitrogens with two attached hydrogens (primary N) is 2. The van der Waals surface area contributed by atoms with Gasteiger partial charge in [-0.2, -0.15) is 0 Å². The molecule has 8 aromatic rings. The van der Waals surface area contributed by atoms with E-state index < -0.39 is 36.6 Å². The number of imidazole rings is 4. The molecule has 2 saturated carbocycles. The number of benzene rings is 2. The van der Waals surface area contributed by atoms with Gasteiger partial charge >= 0.3 is 0 Å². The predicted octanol–water partition coefficient (Wildman–Crippen LogP) is 8.44. The molecule has 85 heavy (non-hydrogen) atoms. The molecular formula is C63H88N16O6. The Balaban J connectivity index is 0.000000167. The number of nitrogens with one attached hydrogen (secondary N) is 2. The maximum Gasteiger partial charge on any atom is 0.167 e. The van der Waals surface area contributed by atoms with Crippen molar-refractivity contribution < 1.29 is 29.2 Å². The summed E-state index contributed by atoms with van der Waals surface area (Å²) in [6.45, 7) is 27.6. The fourth-order valence-electron chi connectivity index (χ4n) is 13.6. The minimum Gasteiger partial charge on any atom is -0.387 e. The summed E-state index contributed by atoms with van der Waals surface area (Å²) in [5, 5.41) is 21.8. The van der Waals surface area contributed by atoms with Crippen LogP contribution in [-0.4, -0.2) is 159 Å². The quantitative estimate of drug-likeness (QED) is 0.0529. The second-order valence-electron chi connectivity index (χ2n) is 27.8. The molecule has 456 valence electrons. The zero-order valence-electron chi connectivity index (χ0n) is 51.5. The Labute approximate surface area is 497 Å². The Morgan fingerprint density at radius 1 is 0.612 bits per heavy atom. The van der Waals surface area contributed by atoms with Gasteiger partial charge < -0.3 is 50.6 Å². The summed E-state index contributed by atoms with van der Waals surface area (Å²) in [6, 6.07) is 14.7. The van der Waals surface area contributed by atoms with E-state index in [1.54, 1.807) is 10.9 Å². The molecule has 0 spiro atoms. The summed E-state index contributed by atoms with van der Waals surface area (Å²) < 4.78 is 29.3. The number of rotatable bonds is 16. The lowest BCUT2D eigenvalue weighted by molar-refractivity contribution is -0.199. The van der Waals surface area contributed by atoms with E-state index in [1.165, 1.54) is 43.0 Å². The number of nitrogens with zero attached hydrogens (tertiary/aromatic N) is 12. The van der Waals surface area contributed by atoms with Gasteiger partial charge in [-0.25, -0.2) is 39.9 Å². The van der Waals surface area contributed by atoms with Crippen LogP contribution in [0.3, 0.4) is 0 Å². The maximum absolute atomic E-state index is 10.9. The number of fused-ring (bicyclic) bond motifs is 5. The topological polar surface area (TPSA) is 280 Å². The van der Waals surface area contributed by atoms with Crippen LogP contribution >= 0.6 is 0 Å². The molecule has 5 aliphatic rings. The lowest BCUT2D eigenvalue weighted by Gasteiger charge is -2.46. The Morgan fingerprint density at radius 3 is 1.53 bits per heavy atom. The normalized spacial score (nSPS) is 27.7. The van der Waals surface area contributed by atoms with Crippen molar-refractivity contribution in [2.45, 2.75) is 224 Å². The molecular weight excluding hydrogens is 1080 g/mol. The fraction of sp³-hybridized carbons (Fsp3) is 0.619. The number of hydrogen-bond donors (Lipinski definition) is 6. The van der Waals surface area contributed by atoms with Crippen molar-refractivity contribution in [1.82, 2.24) is 68.8 Å². The zero-order chi connectivity index (χ0) is 60.0. The molecule has 8 atom stereocenters. The molecule has 22 heteroatoms. The first-order valence-corrected chi connectivity index (χ1v) is 30.7. The molecule has 2 aliphatic carbocycles. The summed E-state index contributed by atoms with van der Waals surface area (Å²) >= 11 is 0. The highest BCUT2D eigenvalue weighted by atomic mass is 16.8. The number of H-pyrrole nitrogens is 2. The van der Waals surface area contributed by atoms with Crippen molar-refractivity contribution in [2.24, 2.45) is 11.8 Å². The standard InChI is InChI=1S/C33H46N8O3.C30H42N8O3/c1-18(2)40(21-12-19(13-21)8-11-25-38-22-10-9-20(32(3,4)5)14-23(22)39-25)15-24-27-28(44-33(6,7)43-27)31(42-24)41-17-37-26-29(34)35-16-36-30(26)41;1-16(2)37(13-22-25(39)26(40)29(41-22)38-15-34-24-27(31)32-14-33-28(24)38)19-10-17(11-19)6-9-23-35-20-8-7-18(30(3,4)5)12-21(20)36-23/h9-10,14,16-19,21,24,27-28,31H,8,11-13,15H2,1-7H3,(H,38,39)(H2,34,35,36);7-8,12,14-17,19,22,25-26,29,39-40H,6,9-11,13H2,1-5H3,(H,35,36)(H2,31,32,33)/t19?,21?,24-,27-,28?,31?;17?,19?,22-,25-,26?,29?/m11/s1. The van der Waals surface area contributed by atoms with Crippen LogP contribution < -0.4 is 11.5 Å². The van der Waals surface area contributed by atoms with Gasteiger partial charge in [0, 0.05) is 50.1 Å². The van der Waals surface area contributed by atoms with Gasteiger partial charge in [-0.3, -0.25) is 18.9 Å². The highest BCUT2D eigenvalue weighted by molar-refractivity contribution is 5.82. The summed E-state index contributed by atoms with van der Waals surface area (Å²) in [4.78, 5) is 47.4. The van der Waals surface area contributed by atoms with Gasteiger partial charge in [0.1, 0.15) is 72.0 Å². The molecule has 6 aromatic heterocycles. The van der Waals surface area contributed by atoms with Gasteiger partial charge in [0.25, 0.3) is 0 Å². The molecule has 22 nitrogen and oxygen atoms in total. The van der Waals surface area contributed by atoms with Crippen LogP contribution in [0.1, 0.15) is 157 Å². The molecule has 8 N–H and O–H groups in total. The number of nitrogen functional groups attached to an aromatic ring is 2. The first-order chi connectivity index (χ1) is 40.3. The van der Waals surface area contributed by atoms with Gasteiger partial charge in [-0.1, -0.05) is 53.7 Å². The van der Waals surface area contributed by atoms with E-state index in [-0.39, 0.29) is 41.0 Å². The average molecular weight is 1170 g/mol. The second-order valence-corrected chi connectivity index (χ2v) is 27.8. The number of aliphatic hydroxyl groups is 2. The molecule has 5 fully saturated rings. The molecule has 2 aromatic carbocycles. The molecule has 9 heterocycles. The number of aromatic amines is 2. The monoisotopic (exact) mass is 1160 g/mol.